The van der Waals surface area contributed by atoms with Crippen molar-refractivity contribution < 1.29 is 17.9 Å². The van der Waals surface area contributed by atoms with Crippen molar-refractivity contribution in [3.8, 4) is 0 Å². The summed E-state index contributed by atoms with van der Waals surface area (Å²) in [6.07, 6.45) is 0. The van der Waals surface area contributed by atoms with Crippen molar-refractivity contribution in [1.29, 1.82) is 0 Å². The maximum atomic E-state index is 12.4. The molecule has 6 nitrogen and oxygen atoms in total. The van der Waals surface area contributed by atoms with Gasteiger partial charge in [-0.05, 0) is 37.3 Å². The van der Waals surface area contributed by atoms with Gasteiger partial charge in [0.2, 0.25) is 5.91 Å². The molecule has 0 atom stereocenters. The van der Waals surface area contributed by atoms with Crippen LogP contribution in [0.2, 0.25) is 5.02 Å². The third-order valence-corrected chi connectivity index (χ3v) is 4.81. The van der Waals surface area contributed by atoms with E-state index in [4.69, 9.17) is 16.3 Å². The van der Waals surface area contributed by atoms with Crippen LogP contribution < -0.4 is 10.0 Å². The Kier molecular flexibility index (Phi) is 5.82. The van der Waals surface area contributed by atoms with Gasteiger partial charge in [-0.15, -0.1) is 0 Å². The highest BCUT2D eigenvalue weighted by Crippen LogP contribution is 2.28. The standard InChI is InChI=1S/C16H17ClN2O4S/c1-11-3-6-13(7-4-11)24(21,22)19-15-9-12(5-8-14(15)17)18-16(20)10-23-2/h3-9,19H,10H2,1-2H3,(H,18,20). The Morgan fingerprint density at radius 2 is 1.83 bits per heavy atom. The van der Waals surface area contributed by atoms with Crippen LogP contribution in [-0.2, 0) is 19.6 Å². The van der Waals surface area contributed by atoms with Crippen molar-refractivity contribution in [1.82, 2.24) is 0 Å². The Labute approximate surface area is 145 Å². The van der Waals surface area contributed by atoms with E-state index in [0.29, 0.717) is 5.69 Å². The molecule has 2 rings (SSSR count). The van der Waals surface area contributed by atoms with E-state index in [2.05, 4.69) is 10.0 Å². The summed E-state index contributed by atoms with van der Waals surface area (Å²) < 4.78 is 32.0. The number of anilines is 2. The quantitative estimate of drug-likeness (QED) is 0.820. The molecular formula is C16H17ClN2O4S. The number of hydrogen-bond donors (Lipinski definition) is 2. The lowest BCUT2D eigenvalue weighted by atomic mass is 10.2. The number of ether oxygens (including phenoxy) is 1. The number of carbonyl (C=O) groups excluding carboxylic acids is 1. The highest BCUT2D eigenvalue weighted by Gasteiger charge is 2.16. The van der Waals surface area contributed by atoms with E-state index in [-0.39, 0.29) is 28.1 Å². The van der Waals surface area contributed by atoms with E-state index in [1.807, 2.05) is 6.92 Å². The lowest BCUT2D eigenvalue weighted by Gasteiger charge is -2.12. The normalized spacial score (nSPS) is 11.1. The molecule has 0 spiro atoms. The van der Waals surface area contributed by atoms with E-state index in [9.17, 15) is 13.2 Å². The fourth-order valence-electron chi connectivity index (χ4n) is 1.93. The summed E-state index contributed by atoms with van der Waals surface area (Å²) in [4.78, 5) is 11.7. The maximum absolute atomic E-state index is 12.4. The number of methoxy groups -OCH3 is 1. The molecule has 0 aromatic heterocycles. The van der Waals surface area contributed by atoms with E-state index in [0.717, 1.165) is 5.56 Å². The summed E-state index contributed by atoms with van der Waals surface area (Å²) in [6.45, 7) is 1.76. The van der Waals surface area contributed by atoms with E-state index in [1.54, 1.807) is 18.2 Å². The third kappa shape index (κ3) is 4.70. The minimum absolute atomic E-state index is 0.104. The van der Waals surface area contributed by atoms with Gasteiger partial charge >= 0.3 is 0 Å². The van der Waals surface area contributed by atoms with Crippen LogP contribution >= 0.6 is 11.6 Å². The van der Waals surface area contributed by atoms with Crippen LogP contribution in [0.25, 0.3) is 0 Å². The highest BCUT2D eigenvalue weighted by molar-refractivity contribution is 7.92. The largest absolute Gasteiger partial charge is 0.375 e. The van der Waals surface area contributed by atoms with E-state index < -0.39 is 10.0 Å². The molecule has 2 N–H and O–H groups in total. The molecule has 0 bridgehead atoms. The molecule has 2 aromatic carbocycles. The van der Waals surface area contributed by atoms with Gasteiger partial charge in [-0.1, -0.05) is 29.3 Å². The molecule has 2 aromatic rings. The second-order valence-electron chi connectivity index (χ2n) is 5.09. The second-order valence-corrected chi connectivity index (χ2v) is 7.18. The number of sulfonamides is 1. The summed E-state index contributed by atoms with van der Waals surface area (Å²) in [5.74, 6) is -0.354. The number of amides is 1. The lowest BCUT2D eigenvalue weighted by Crippen LogP contribution is -2.17. The zero-order chi connectivity index (χ0) is 17.7. The first-order valence-electron chi connectivity index (χ1n) is 6.99. The summed E-state index contributed by atoms with van der Waals surface area (Å²) in [6, 6.07) is 10.9. The summed E-state index contributed by atoms with van der Waals surface area (Å²) in [5, 5.41) is 2.80. The van der Waals surface area contributed by atoms with Crippen molar-refractivity contribution in [2.75, 3.05) is 23.8 Å². The minimum atomic E-state index is -3.78. The SMILES string of the molecule is COCC(=O)Nc1ccc(Cl)c(NS(=O)(=O)c2ccc(C)cc2)c1. The van der Waals surface area contributed by atoms with Gasteiger partial charge in [-0.25, -0.2) is 8.42 Å². The van der Waals surface area contributed by atoms with Crippen molar-refractivity contribution in [2.24, 2.45) is 0 Å². The third-order valence-electron chi connectivity index (χ3n) is 3.10. The van der Waals surface area contributed by atoms with Gasteiger partial charge in [0, 0.05) is 12.8 Å². The number of carbonyl (C=O) groups is 1. The van der Waals surface area contributed by atoms with Crippen LogP contribution in [0, 0.1) is 6.92 Å². The van der Waals surface area contributed by atoms with Crippen LogP contribution in [0.15, 0.2) is 47.4 Å². The van der Waals surface area contributed by atoms with Gasteiger partial charge in [-0.3, -0.25) is 9.52 Å². The molecule has 24 heavy (non-hydrogen) atoms. The van der Waals surface area contributed by atoms with Gasteiger partial charge < -0.3 is 10.1 Å². The van der Waals surface area contributed by atoms with E-state index in [1.165, 1.54) is 31.4 Å². The van der Waals surface area contributed by atoms with Gasteiger partial charge in [0.15, 0.2) is 0 Å². The van der Waals surface area contributed by atoms with Crippen LogP contribution in [0.4, 0.5) is 11.4 Å². The Morgan fingerprint density at radius 1 is 1.17 bits per heavy atom. The molecule has 8 heteroatoms. The van der Waals surface area contributed by atoms with Gasteiger partial charge in [0.05, 0.1) is 15.6 Å². The van der Waals surface area contributed by atoms with Crippen molar-refractivity contribution in [3.05, 3.63) is 53.1 Å². The maximum Gasteiger partial charge on any atom is 0.261 e. The second kappa shape index (κ2) is 7.65. The Bertz CT molecular complexity index is 836. The molecule has 0 radical (unpaired) electrons. The number of aryl methyl sites for hydroxylation is 1. The smallest absolute Gasteiger partial charge is 0.261 e. The molecular weight excluding hydrogens is 352 g/mol. The number of halogens is 1. The van der Waals surface area contributed by atoms with Gasteiger partial charge in [0.1, 0.15) is 6.61 Å². The van der Waals surface area contributed by atoms with Crippen LogP contribution in [0.1, 0.15) is 5.56 Å². The molecule has 0 aliphatic heterocycles. The average molecular weight is 369 g/mol. The van der Waals surface area contributed by atoms with Gasteiger partial charge in [0.25, 0.3) is 10.0 Å². The Balaban J connectivity index is 2.25. The predicted molar refractivity (Wildman–Crippen MR) is 93.9 cm³/mol. The topological polar surface area (TPSA) is 84.5 Å². The molecule has 0 unspecified atom stereocenters. The molecule has 128 valence electrons. The zero-order valence-electron chi connectivity index (χ0n) is 13.2. The fourth-order valence-corrected chi connectivity index (χ4v) is 3.22. The fraction of sp³-hybridized carbons (Fsp3) is 0.188. The predicted octanol–water partition coefficient (Wildman–Crippen LogP) is 3.03. The summed E-state index contributed by atoms with van der Waals surface area (Å²) in [7, 11) is -2.37. The summed E-state index contributed by atoms with van der Waals surface area (Å²) in [5.41, 5.74) is 1.53. The first-order chi connectivity index (χ1) is 11.3. The van der Waals surface area contributed by atoms with Crippen LogP contribution in [0.5, 0.6) is 0 Å². The molecule has 1 amide bonds. The van der Waals surface area contributed by atoms with E-state index >= 15 is 0 Å². The molecule has 0 heterocycles. The van der Waals surface area contributed by atoms with Crippen molar-refractivity contribution in [3.63, 3.8) is 0 Å². The number of benzene rings is 2. The highest BCUT2D eigenvalue weighted by atomic mass is 35.5. The number of nitrogens with one attached hydrogen (secondary N) is 2. The van der Waals surface area contributed by atoms with Crippen LogP contribution in [0.3, 0.4) is 0 Å². The molecule has 0 saturated carbocycles. The molecule has 0 fully saturated rings. The molecule has 0 saturated heterocycles. The van der Waals surface area contributed by atoms with Crippen LogP contribution in [-0.4, -0.2) is 28.0 Å². The zero-order valence-corrected chi connectivity index (χ0v) is 14.7. The first kappa shape index (κ1) is 18.3. The minimum Gasteiger partial charge on any atom is -0.375 e. The average Bonchev–Trinajstić information content (AvgIpc) is 2.51. The molecule has 0 aliphatic carbocycles. The van der Waals surface area contributed by atoms with Gasteiger partial charge in [-0.2, -0.15) is 0 Å². The number of hydrogen-bond acceptors (Lipinski definition) is 4. The lowest BCUT2D eigenvalue weighted by molar-refractivity contribution is -0.119. The Hall–Kier alpha value is -2.09. The van der Waals surface area contributed by atoms with Crippen molar-refractivity contribution >= 4 is 38.9 Å². The van der Waals surface area contributed by atoms with Crippen molar-refractivity contribution in [2.45, 2.75) is 11.8 Å². The summed E-state index contributed by atoms with van der Waals surface area (Å²) >= 11 is 6.05. The number of rotatable bonds is 6. The molecule has 0 aliphatic rings. The monoisotopic (exact) mass is 368 g/mol. The first-order valence-corrected chi connectivity index (χ1v) is 8.86. The Morgan fingerprint density at radius 3 is 2.46 bits per heavy atom.